The molecule has 0 aliphatic carbocycles. The molecule has 2 aromatic carbocycles. The third kappa shape index (κ3) is 5.01. The van der Waals surface area contributed by atoms with Crippen LogP contribution in [0.25, 0.3) is 0 Å². The predicted molar refractivity (Wildman–Crippen MR) is 104 cm³/mol. The van der Waals surface area contributed by atoms with Gasteiger partial charge in [-0.2, -0.15) is 0 Å². The highest BCUT2D eigenvalue weighted by Crippen LogP contribution is 2.14. The van der Waals surface area contributed by atoms with E-state index in [-0.39, 0.29) is 11.3 Å². The zero-order valence-corrected chi connectivity index (χ0v) is 15.3. The van der Waals surface area contributed by atoms with Crippen molar-refractivity contribution in [2.75, 3.05) is 17.7 Å². The SMILES string of the molecule is COC(=O)c1cccc(NC(=O)c2ccnc(C(=O)Nc3ccc(F)cc3)c2)c1. The number of anilines is 2. The van der Waals surface area contributed by atoms with Crippen molar-refractivity contribution in [3.05, 3.63) is 89.5 Å². The number of rotatable bonds is 5. The minimum Gasteiger partial charge on any atom is -0.465 e. The number of carbonyl (C=O) groups is 3. The molecule has 29 heavy (non-hydrogen) atoms. The van der Waals surface area contributed by atoms with Crippen LogP contribution in [0.15, 0.2) is 66.9 Å². The number of nitrogens with zero attached hydrogens (tertiary/aromatic N) is 1. The molecular formula is C21H16FN3O4. The summed E-state index contributed by atoms with van der Waals surface area (Å²) in [5.41, 5.74) is 1.30. The molecule has 0 atom stereocenters. The van der Waals surface area contributed by atoms with Crippen LogP contribution in [-0.2, 0) is 4.74 Å². The number of carbonyl (C=O) groups excluding carboxylic acids is 3. The van der Waals surface area contributed by atoms with Gasteiger partial charge in [-0.15, -0.1) is 0 Å². The Kier molecular flexibility index (Phi) is 5.94. The first-order valence-electron chi connectivity index (χ1n) is 8.49. The van der Waals surface area contributed by atoms with Gasteiger partial charge >= 0.3 is 5.97 Å². The monoisotopic (exact) mass is 393 g/mol. The van der Waals surface area contributed by atoms with Crippen LogP contribution < -0.4 is 10.6 Å². The van der Waals surface area contributed by atoms with E-state index in [2.05, 4.69) is 20.4 Å². The average Bonchev–Trinajstić information content (AvgIpc) is 2.75. The second-order valence-electron chi connectivity index (χ2n) is 5.92. The fourth-order valence-corrected chi connectivity index (χ4v) is 2.47. The molecule has 7 nitrogen and oxygen atoms in total. The molecule has 0 aliphatic heterocycles. The van der Waals surface area contributed by atoms with Crippen molar-refractivity contribution < 1.29 is 23.5 Å². The second kappa shape index (κ2) is 8.75. The van der Waals surface area contributed by atoms with Crippen LogP contribution in [0.3, 0.4) is 0 Å². The molecule has 0 saturated carbocycles. The van der Waals surface area contributed by atoms with Gasteiger partial charge in [0.25, 0.3) is 11.8 Å². The zero-order valence-electron chi connectivity index (χ0n) is 15.3. The molecule has 3 aromatic rings. The maximum atomic E-state index is 13.0. The van der Waals surface area contributed by atoms with Gasteiger partial charge < -0.3 is 15.4 Å². The van der Waals surface area contributed by atoms with E-state index in [1.165, 1.54) is 55.8 Å². The fourth-order valence-electron chi connectivity index (χ4n) is 2.47. The number of ether oxygens (including phenoxy) is 1. The van der Waals surface area contributed by atoms with Crippen molar-refractivity contribution in [1.82, 2.24) is 4.98 Å². The van der Waals surface area contributed by atoms with E-state index in [0.29, 0.717) is 16.9 Å². The van der Waals surface area contributed by atoms with Crippen molar-refractivity contribution in [3.63, 3.8) is 0 Å². The molecule has 0 unspecified atom stereocenters. The lowest BCUT2D eigenvalue weighted by atomic mass is 10.1. The van der Waals surface area contributed by atoms with Crippen LogP contribution in [0.1, 0.15) is 31.2 Å². The smallest absolute Gasteiger partial charge is 0.337 e. The van der Waals surface area contributed by atoms with Crippen LogP contribution in [0.4, 0.5) is 15.8 Å². The highest BCUT2D eigenvalue weighted by atomic mass is 19.1. The minimum atomic E-state index is -0.543. The topological polar surface area (TPSA) is 97.4 Å². The van der Waals surface area contributed by atoms with Crippen LogP contribution in [0.2, 0.25) is 0 Å². The first-order valence-corrected chi connectivity index (χ1v) is 8.49. The normalized spacial score (nSPS) is 10.1. The van der Waals surface area contributed by atoms with E-state index in [1.807, 2.05) is 0 Å². The Hall–Kier alpha value is -4.07. The summed E-state index contributed by atoms with van der Waals surface area (Å²) in [7, 11) is 1.27. The summed E-state index contributed by atoms with van der Waals surface area (Å²) in [5.74, 6) is -1.97. The zero-order chi connectivity index (χ0) is 20.8. The number of hydrogen-bond donors (Lipinski definition) is 2. The molecule has 0 aliphatic rings. The quantitative estimate of drug-likeness (QED) is 0.647. The first-order chi connectivity index (χ1) is 14.0. The number of benzene rings is 2. The molecule has 2 N–H and O–H groups in total. The molecular weight excluding hydrogens is 377 g/mol. The molecule has 8 heteroatoms. The number of hydrogen-bond acceptors (Lipinski definition) is 5. The molecule has 1 heterocycles. The van der Waals surface area contributed by atoms with Crippen molar-refractivity contribution in [1.29, 1.82) is 0 Å². The van der Waals surface area contributed by atoms with E-state index in [4.69, 9.17) is 0 Å². The standard InChI is InChI=1S/C21H16FN3O4/c1-29-21(28)14-3-2-4-17(11-14)25-19(26)13-9-10-23-18(12-13)20(27)24-16-7-5-15(22)6-8-16/h2-12H,1H3,(H,24,27)(H,25,26). The van der Waals surface area contributed by atoms with Gasteiger partial charge in [0.2, 0.25) is 0 Å². The summed E-state index contributed by atoms with van der Waals surface area (Å²) in [6.07, 6.45) is 1.33. The Balaban J connectivity index is 1.73. The molecule has 1 aromatic heterocycles. The van der Waals surface area contributed by atoms with Gasteiger partial charge in [0.15, 0.2) is 0 Å². The van der Waals surface area contributed by atoms with Gasteiger partial charge in [0.1, 0.15) is 11.5 Å². The van der Waals surface area contributed by atoms with Crippen molar-refractivity contribution >= 4 is 29.2 Å². The Morgan fingerprint density at radius 3 is 2.31 bits per heavy atom. The second-order valence-corrected chi connectivity index (χ2v) is 5.92. The van der Waals surface area contributed by atoms with Crippen molar-refractivity contribution in [2.45, 2.75) is 0 Å². The highest BCUT2D eigenvalue weighted by Gasteiger charge is 2.13. The third-order valence-corrected chi connectivity index (χ3v) is 3.90. The number of amides is 2. The van der Waals surface area contributed by atoms with Crippen LogP contribution in [0.5, 0.6) is 0 Å². The van der Waals surface area contributed by atoms with E-state index < -0.39 is 23.6 Å². The van der Waals surface area contributed by atoms with E-state index in [9.17, 15) is 18.8 Å². The summed E-state index contributed by atoms with van der Waals surface area (Å²) in [6, 6.07) is 14.3. The molecule has 146 valence electrons. The molecule has 0 bridgehead atoms. The van der Waals surface area contributed by atoms with E-state index in [0.717, 1.165) is 0 Å². The van der Waals surface area contributed by atoms with Crippen molar-refractivity contribution in [3.8, 4) is 0 Å². The number of pyridine rings is 1. The maximum Gasteiger partial charge on any atom is 0.337 e. The lowest BCUT2D eigenvalue weighted by molar-refractivity contribution is 0.0600. The van der Waals surface area contributed by atoms with Crippen LogP contribution >= 0.6 is 0 Å². The van der Waals surface area contributed by atoms with Crippen LogP contribution in [-0.4, -0.2) is 29.9 Å². The number of esters is 1. The van der Waals surface area contributed by atoms with Gasteiger partial charge in [-0.3, -0.25) is 14.6 Å². The highest BCUT2D eigenvalue weighted by molar-refractivity contribution is 6.08. The largest absolute Gasteiger partial charge is 0.465 e. The molecule has 0 spiro atoms. The van der Waals surface area contributed by atoms with E-state index >= 15 is 0 Å². The molecule has 0 fully saturated rings. The Labute approximate surface area is 165 Å². The first kappa shape index (κ1) is 19.7. The summed E-state index contributed by atoms with van der Waals surface area (Å²) in [6.45, 7) is 0. The summed E-state index contributed by atoms with van der Waals surface area (Å²) in [5, 5.41) is 5.23. The lowest BCUT2D eigenvalue weighted by Gasteiger charge is -2.08. The van der Waals surface area contributed by atoms with Gasteiger partial charge in [-0.05, 0) is 54.6 Å². The van der Waals surface area contributed by atoms with Gasteiger partial charge in [-0.1, -0.05) is 6.07 Å². The van der Waals surface area contributed by atoms with E-state index in [1.54, 1.807) is 18.2 Å². The predicted octanol–water partition coefficient (Wildman–Crippen LogP) is 3.51. The Bertz CT molecular complexity index is 1070. The molecule has 0 radical (unpaired) electrons. The minimum absolute atomic E-state index is 0.0188. The third-order valence-electron chi connectivity index (χ3n) is 3.90. The van der Waals surface area contributed by atoms with Crippen LogP contribution in [0, 0.1) is 5.82 Å². The summed E-state index contributed by atoms with van der Waals surface area (Å²) >= 11 is 0. The number of nitrogens with one attached hydrogen (secondary N) is 2. The van der Waals surface area contributed by atoms with Gasteiger partial charge in [0.05, 0.1) is 12.7 Å². The Morgan fingerprint density at radius 1 is 0.862 bits per heavy atom. The number of aromatic nitrogens is 1. The molecule has 3 rings (SSSR count). The van der Waals surface area contributed by atoms with Crippen molar-refractivity contribution in [2.24, 2.45) is 0 Å². The van der Waals surface area contributed by atoms with Gasteiger partial charge in [0, 0.05) is 23.1 Å². The maximum absolute atomic E-state index is 13.0. The summed E-state index contributed by atoms with van der Waals surface area (Å²) < 4.78 is 17.6. The molecule has 0 saturated heterocycles. The number of halogens is 1. The number of methoxy groups -OCH3 is 1. The average molecular weight is 393 g/mol. The molecule has 2 amide bonds. The summed E-state index contributed by atoms with van der Waals surface area (Å²) in [4.78, 5) is 40.4. The Morgan fingerprint density at radius 2 is 1.59 bits per heavy atom. The lowest BCUT2D eigenvalue weighted by Crippen LogP contribution is -2.17. The van der Waals surface area contributed by atoms with Gasteiger partial charge in [-0.25, -0.2) is 9.18 Å². The fraction of sp³-hybridized carbons (Fsp3) is 0.0476.